The molecule has 1 aliphatic rings. The van der Waals surface area contributed by atoms with E-state index in [4.69, 9.17) is 0 Å². The van der Waals surface area contributed by atoms with Crippen LogP contribution in [0.25, 0.3) is 0 Å². The zero-order valence-corrected chi connectivity index (χ0v) is 16.3. The summed E-state index contributed by atoms with van der Waals surface area (Å²) in [7, 11) is -1.90. The van der Waals surface area contributed by atoms with E-state index in [0.717, 1.165) is 31.4 Å². The van der Waals surface area contributed by atoms with Gasteiger partial charge in [0.2, 0.25) is 10.0 Å². The van der Waals surface area contributed by atoms with E-state index in [1.807, 2.05) is 18.2 Å². The van der Waals surface area contributed by atoms with E-state index in [1.54, 1.807) is 30.3 Å². The van der Waals surface area contributed by atoms with Crippen molar-refractivity contribution in [2.24, 2.45) is 0 Å². The average Bonchev–Trinajstić information content (AvgIpc) is 3.18. The maximum Gasteiger partial charge on any atom is 0.253 e. The number of carbonyl (C=O) groups is 1. The van der Waals surface area contributed by atoms with Crippen LogP contribution in [-0.4, -0.2) is 43.8 Å². The van der Waals surface area contributed by atoms with Gasteiger partial charge >= 0.3 is 0 Å². The molecule has 1 saturated carbocycles. The molecule has 1 fully saturated rings. The molecule has 144 valence electrons. The number of benzene rings is 1. The minimum Gasteiger partial charge on any atom is -0.341 e. The third-order valence-electron chi connectivity index (χ3n) is 4.84. The number of aromatic nitrogens is 1. The molecule has 27 heavy (non-hydrogen) atoms. The largest absolute Gasteiger partial charge is 0.341 e. The Bertz CT molecular complexity index is 878. The predicted molar refractivity (Wildman–Crippen MR) is 104 cm³/mol. The monoisotopic (exact) mass is 387 g/mol. The van der Waals surface area contributed by atoms with Crippen molar-refractivity contribution >= 4 is 15.9 Å². The summed E-state index contributed by atoms with van der Waals surface area (Å²) in [6, 6.07) is 11.9. The molecule has 0 atom stereocenters. The normalized spacial score (nSPS) is 15.0. The topological polar surface area (TPSA) is 79.4 Å². The molecule has 6 nitrogen and oxygen atoms in total. The molecule has 7 heteroatoms. The second kappa shape index (κ2) is 8.63. The molecule has 2 aromatic rings. The van der Waals surface area contributed by atoms with Crippen LogP contribution in [0.15, 0.2) is 53.6 Å². The summed E-state index contributed by atoms with van der Waals surface area (Å²) in [6.45, 7) is 0.507. The van der Waals surface area contributed by atoms with Crippen molar-refractivity contribution in [1.82, 2.24) is 14.6 Å². The molecule has 1 aliphatic carbocycles. The van der Waals surface area contributed by atoms with Crippen molar-refractivity contribution in [2.75, 3.05) is 13.6 Å². The van der Waals surface area contributed by atoms with Crippen LogP contribution in [0.5, 0.6) is 0 Å². The zero-order chi connectivity index (χ0) is 19.3. The van der Waals surface area contributed by atoms with Crippen LogP contribution in [0.2, 0.25) is 0 Å². The quantitative estimate of drug-likeness (QED) is 0.792. The van der Waals surface area contributed by atoms with E-state index >= 15 is 0 Å². The summed E-state index contributed by atoms with van der Waals surface area (Å²) in [4.78, 5) is 18.7. The molecule has 0 unspecified atom stereocenters. The molecule has 1 aromatic carbocycles. The molecule has 0 saturated heterocycles. The van der Waals surface area contributed by atoms with Gasteiger partial charge in [-0.05, 0) is 43.2 Å². The smallest absolute Gasteiger partial charge is 0.253 e. The Kier molecular flexibility index (Phi) is 6.23. The molecular formula is C20H25N3O3S. The first-order chi connectivity index (χ1) is 13.0. The van der Waals surface area contributed by atoms with Crippen molar-refractivity contribution in [3.05, 3.63) is 59.9 Å². The molecule has 1 N–H and O–H groups in total. The number of sulfonamides is 1. The molecule has 0 bridgehead atoms. The first kappa shape index (κ1) is 19.5. The van der Waals surface area contributed by atoms with Crippen LogP contribution >= 0.6 is 0 Å². The van der Waals surface area contributed by atoms with Crippen LogP contribution in [0, 0.1) is 0 Å². The molecule has 0 aliphatic heterocycles. The lowest BCUT2D eigenvalue weighted by Gasteiger charge is -2.18. The lowest BCUT2D eigenvalue weighted by Crippen LogP contribution is -2.33. The number of likely N-dealkylation sites (N-methyl/N-ethyl adjacent to an activating group) is 1. The summed E-state index contributed by atoms with van der Waals surface area (Å²) in [6.07, 6.45) is 6.20. The fourth-order valence-corrected chi connectivity index (χ4v) is 4.63. The summed E-state index contributed by atoms with van der Waals surface area (Å²) in [5.41, 5.74) is 1.28. The van der Waals surface area contributed by atoms with E-state index in [9.17, 15) is 13.2 Å². The maximum atomic E-state index is 12.7. The van der Waals surface area contributed by atoms with Crippen molar-refractivity contribution in [1.29, 1.82) is 0 Å². The third-order valence-corrected chi connectivity index (χ3v) is 6.36. The number of nitrogens with one attached hydrogen (secondary N) is 1. The zero-order valence-electron chi connectivity index (χ0n) is 15.5. The van der Waals surface area contributed by atoms with Gasteiger partial charge in [0.1, 0.15) is 0 Å². The lowest BCUT2D eigenvalue weighted by atomic mass is 10.2. The number of carbonyl (C=O) groups excluding carboxylic acids is 1. The van der Waals surface area contributed by atoms with Crippen molar-refractivity contribution in [2.45, 2.75) is 43.0 Å². The highest BCUT2D eigenvalue weighted by Crippen LogP contribution is 2.21. The van der Waals surface area contributed by atoms with Crippen molar-refractivity contribution in [3.8, 4) is 0 Å². The minimum atomic E-state index is -3.61. The summed E-state index contributed by atoms with van der Waals surface area (Å²) in [5.74, 6) is -0.205. The highest BCUT2D eigenvalue weighted by atomic mass is 32.2. The Morgan fingerprint density at radius 3 is 2.67 bits per heavy atom. The summed E-state index contributed by atoms with van der Waals surface area (Å²) in [5, 5.41) is 0. The summed E-state index contributed by atoms with van der Waals surface area (Å²) >= 11 is 0. The Hall–Kier alpha value is -2.25. The Labute approximate surface area is 160 Å². The van der Waals surface area contributed by atoms with E-state index in [1.165, 1.54) is 12.1 Å². The molecular weight excluding hydrogens is 362 g/mol. The number of amides is 1. The van der Waals surface area contributed by atoms with Crippen LogP contribution in [0.3, 0.4) is 0 Å². The van der Waals surface area contributed by atoms with Gasteiger partial charge in [0.15, 0.2) is 0 Å². The van der Waals surface area contributed by atoms with E-state index in [-0.39, 0.29) is 16.8 Å². The Morgan fingerprint density at radius 1 is 1.19 bits per heavy atom. The molecule has 3 rings (SSSR count). The van der Waals surface area contributed by atoms with Gasteiger partial charge < -0.3 is 4.90 Å². The lowest BCUT2D eigenvalue weighted by molar-refractivity contribution is 0.0796. The van der Waals surface area contributed by atoms with E-state index in [0.29, 0.717) is 18.5 Å². The number of pyridine rings is 1. The van der Waals surface area contributed by atoms with Gasteiger partial charge in [0, 0.05) is 43.5 Å². The summed E-state index contributed by atoms with van der Waals surface area (Å²) < 4.78 is 28.0. The van der Waals surface area contributed by atoms with Gasteiger partial charge in [0.25, 0.3) is 5.91 Å². The Balaban J connectivity index is 1.67. The molecule has 1 aromatic heterocycles. The van der Waals surface area contributed by atoms with Gasteiger partial charge in [-0.2, -0.15) is 0 Å². The molecule has 0 radical (unpaired) electrons. The fraction of sp³-hybridized carbons (Fsp3) is 0.400. The fourth-order valence-electron chi connectivity index (χ4n) is 3.28. The van der Waals surface area contributed by atoms with Gasteiger partial charge in [-0.25, -0.2) is 13.1 Å². The van der Waals surface area contributed by atoms with Gasteiger partial charge in [0.05, 0.1) is 4.90 Å². The molecule has 0 spiro atoms. The first-order valence-corrected chi connectivity index (χ1v) is 10.7. The van der Waals surface area contributed by atoms with E-state index < -0.39 is 10.0 Å². The SMILES string of the molecule is CN(CCc1ccccn1)C(=O)c1cccc(S(=O)(=O)NC2CCCC2)c1. The van der Waals surface area contributed by atoms with Crippen LogP contribution < -0.4 is 4.72 Å². The van der Waals surface area contributed by atoms with Gasteiger partial charge in [-0.15, -0.1) is 0 Å². The minimum absolute atomic E-state index is 0.00426. The van der Waals surface area contributed by atoms with Crippen molar-refractivity contribution < 1.29 is 13.2 Å². The number of nitrogens with zero attached hydrogens (tertiary/aromatic N) is 2. The second-order valence-electron chi connectivity index (χ2n) is 6.93. The van der Waals surface area contributed by atoms with Gasteiger partial charge in [-0.3, -0.25) is 9.78 Å². The predicted octanol–water partition coefficient (Wildman–Crippen LogP) is 2.62. The highest BCUT2D eigenvalue weighted by molar-refractivity contribution is 7.89. The van der Waals surface area contributed by atoms with Crippen molar-refractivity contribution in [3.63, 3.8) is 0 Å². The standard InChI is InChI=1S/C20H25N3O3S/c1-23(14-12-17-8-4-5-13-21-17)20(24)16-7-6-11-19(15-16)27(25,26)22-18-9-2-3-10-18/h4-8,11,13,15,18,22H,2-3,9-10,12,14H2,1H3. The van der Waals surface area contributed by atoms with E-state index in [2.05, 4.69) is 9.71 Å². The number of hydrogen-bond donors (Lipinski definition) is 1. The van der Waals surface area contributed by atoms with Crippen LogP contribution in [0.1, 0.15) is 41.7 Å². The molecule has 1 amide bonds. The third kappa shape index (κ3) is 5.14. The number of rotatable bonds is 7. The Morgan fingerprint density at radius 2 is 1.96 bits per heavy atom. The van der Waals surface area contributed by atoms with Crippen LogP contribution in [-0.2, 0) is 16.4 Å². The van der Waals surface area contributed by atoms with Crippen LogP contribution in [0.4, 0.5) is 0 Å². The average molecular weight is 388 g/mol. The van der Waals surface area contributed by atoms with Gasteiger partial charge in [-0.1, -0.05) is 25.0 Å². The maximum absolute atomic E-state index is 12.7. The second-order valence-corrected chi connectivity index (χ2v) is 8.64. The number of hydrogen-bond acceptors (Lipinski definition) is 4. The first-order valence-electron chi connectivity index (χ1n) is 9.23. The molecule has 1 heterocycles. The highest BCUT2D eigenvalue weighted by Gasteiger charge is 2.24.